The Hall–Kier alpha value is -0.860. The Kier molecular flexibility index (Phi) is 6.91. The normalized spacial score (nSPS) is 24.8. The van der Waals surface area contributed by atoms with Crippen LogP contribution in [0.1, 0.15) is 82.4 Å². The first-order valence-electron chi connectivity index (χ1n) is 9.28. The van der Waals surface area contributed by atoms with E-state index in [1.54, 1.807) is 0 Å². The van der Waals surface area contributed by atoms with Gasteiger partial charge in [0, 0.05) is 18.1 Å². The van der Waals surface area contributed by atoms with Gasteiger partial charge >= 0.3 is 0 Å². The van der Waals surface area contributed by atoms with E-state index in [0.29, 0.717) is 6.04 Å². The molecule has 1 saturated heterocycles. The monoisotopic (exact) mass is 302 g/mol. The number of benzene rings is 1. The van der Waals surface area contributed by atoms with Gasteiger partial charge < -0.3 is 11.1 Å². The van der Waals surface area contributed by atoms with E-state index in [1.807, 2.05) is 0 Å². The molecule has 1 aromatic carbocycles. The summed E-state index contributed by atoms with van der Waals surface area (Å²) in [5, 5.41) is 3.58. The highest BCUT2D eigenvalue weighted by atomic mass is 15.0. The van der Waals surface area contributed by atoms with Crippen LogP contribution in [-0.4, -0.2) is 12.1 Å². The van der Waals surface area contributed by atoms with Crippen LogP contribution in [0.15, 0.2) is 24.3 Å². The highest BCUT2D eigenvalue weighted by molar-refractivity contribution is 5.27. The maximum atomic E-state index is 6.37. The average Bonchev–Trinajstić information content (AvgIpc) is 2.94. The van der Waals surface area contributed by atoms with Crippen molar-refractivity contribution in [2.45, 2.75) is 83.2 Å². The molecule has 1 aromatic rings. The molecule has 1 aliphatic rings. The first-order chi connectivity index (χ1) is 10.7. The summed E-state index contributed by atoms with van der Waals surface area (Å²) >= 11 is 0. The summed E-state index contributed by atoms with van der Waals surface area (Å²) in [4.78, 5) is 0. The molecule has 22 heavy (non-hydrogen) atoms. The summed E-state index contributed by atoms with van der Waals surface area (Å²) in [6.07, 6.45) is 11.6. The number of aryl methyl sites for hydroxylation is 1. The molecule has 0 spiro atoms. The van der Waals surface area contributed by atoms with E-state index in [-0.39, 0.29) is 5.54 Å². The first kappa shape index (κ1) is 17.5. The summed E-state index contributed by atoms with van der Waals surface area (Å²) in [5.74, 6) is 0. The van der Waals surface area contributed by atoms with Gasteiger partial charge in [-0.1, -0.05) is 70.2 Å². The quantitative estimate of drug-likeness (QED) is 0.647. The van der Waals surface area contributed by atoms with Crippen molar-refractivity contribution in [2.75, 3.05) is 6.54 Å². The lowest BCUT2D eigenvalue weighted by molar-refractivity contribution is 0.442. The van der Waals surface area contributed by atoms with Gasteiger partial charge in [0.1, 0.15) is 0 Å². The van der Waals surface area contributed by atoms with E-state index in [9.17, 15) is 0 Å². The molecule has 0 aliphatic carbocycles. The minimum absolute atomic E-state index is 0.0121. The Labute approximate surface area is 136 Å². The Morgan fingerprint density at radius 2 is 1.73 bits per heavy atom. The third-order valence-corrected chi connectivity index (χ3v) is 5.22. The van der Waals surface area contributed by atoms with Crippen LogP contribution in [0.25, 0.3) is 0 Å². The largest absolute Gasteiger partial charge is 0.324 e. The zero-order valence-electron chi connectivity index (χ0n) is 14.5. The molecule has 3 N–H and O–H groups in total. The van der Waals surface area contributed by atoms with Crippen molar-refractivity contribution in [3.05, 3.63) is 35.4 Å². The number of rotatable bonds is 9. The van der Waals surface area contributed by atoms with Gasteiger partial charge in [0.05, 0.1) is 0 Å². The van der Waals surface area contributed by atoms with Gasteiger partial charge in [-0.2, -0.15) is 0 Å². The second-order valence-corrected chi connectivity index (χ2v) is 7.11. The van der Waals surface area contributed by atoms with Crippen LogP contribution in [0, 0.1) is 0 Å². The van der Waals surface area contributed by atoms with Crippen molar-refractivity contribution in [1.29, 1.82) is 0 Å². The van der Waals surface area contributed by atoms with Crippen molar-refractivity contribution in [3.63, 3.8) is 0 Å². The second kappa shape index (κ2) is 8.69. The van der Waals surface area contributed by atoms with E-state index in [0.717, 1.165) is 19.4 Å². The Morgan fingerprint density at radius 1 is 1.05 bits per heavy atom. The van der Waals surface area contributed by atoms with Gasteiger partial charge in [-0.25, -0.2) is 0 Å². The van der Waals surface area contributed by atoms with Crippen LogP contribution in [0.2, 0.25) is 0 Å². The fraction of sp³-hybridized carbons (Fsp3) is 0.700. The lowest BCUT2D eigenvalue weighted by Gasteiger charge is -2.20. The third-order valence-electron chi connectivity index (χ3n) is 5.22. The number of hydrogen-bond donors (Lipinski definition) is 2. The highest BCUT2D eigenvalue weighted by Crippen LogP contribution is 2.30. The lowest BCUT2D eigenvalue weighted by atomic mass is 9.91. The molecule has 1 heterocycles. The molecular weight excluding hydrogens is 268 g/mol. The topological polar surface area (TPSA) is 38.0 Å². The molecule has 2 nitrogen and oxygen atoms in total. The third kappa shape index (κ3) is 5.10. The van der Waals surface area contributed by atoms with Crippen molar-refractivity contribution in [3.8, 4) is 0 Å². The predicted octanol–water partition coefficient (Wildman–Crippen LogP) is 4.73. The number of nitrogens with one attached hydrogen (secondary N) is 1. The molecule has 1 aliphatic heterocycles. The van der Waals surface area contributed by atoms with Gasteiger partial charge in [-0.05, 0) is 36.8 Å². The fourth-order valence-electron chi connectivity index (χ4n) is 3.41. The molecule has 0 amide bonds. The van der Waals surface area contributed by atoms with E-state index >= 15 is 0 Å². The van der Waals surface area contributed by atoms with Crippen LogP contribution in [0.3, 0.4) is 0 Å². The molecule has 1 fully saturated rings. The van der Waals surface area contributed by atoms with Crippen LogP contribution >= 0.6 is 0 Å². The molecule has 0 saturated carbocycles. The van der Waals surface area contributed by atoms with Crippen LogP contribution in [-0.2, 0) is 6.42 Å². The predicted molar refractivity (Wildman–Crippen MR) is 96.1 cm³/mol. The van der Waals surface area contributed by atoms with E-state index < -0.39 is 0 Å². The molecule has 2 unspecified atom stereocenters. The summed E-state index contributed by atoms with van der Waals surface area (Å²) in [5.41, 5.74) is 9.23. The van der Waals surface area contributed by atoms with E-state index in [4.69, 9.17) is 5.73 Å². The van der Waals surface area contributed by atoms with Gasteiger partial charge in [0.15, 0.2) is 0 Å². The van der Waals surface area contributed by atoms with Crippen molar-refractivity contribution >= 4 is 0 Å². The average molecular weight is 303 g/mol. The zero-order chi connectivity index (χ0) is 15.8. The summed E-state index contributed by atoms with van der Waals surface area (Å²) in [7, 11) is 0. The maximum absolute atomic E-state index is 6.37. The number of unbranched alkanes of at least 4 members (excludes halogenated alkanes) is 5. The van der Waals surface area contributed by atoms with Crippen LogP contribution in [0.4, 0.5) is 0 Å². The van der Waals surface area contributed by atoms with Gasteiger partial charge in [-0.3, -0.25) is 0 Å². The zero-order valence-corrected chi connectivity index (χ0v) is 14.5. The number of hydrogen-bond acceptors (Lipinski definition) is 2. The molecule has 2 rings (SSSR count). The molecule has 2 atom stereocenters. The lowest BCUT2D eigenvalue weighted by Crippen LogP contribution is -2.40. The Morgan fingerprint density at radius 3 is 2.36 bits per heavy atom. The van der Waals surface area contributed by atoms with Crippen LogP contribution < -0.4 is 11.1 Å². The summed E-state index contributed by atoms with van der Waals surface area (Å²) in [6.45, 7) is 5.40. The maximum Gasteiger partial charge on any atom is 0.0338 e. The van der Waals surface area contributed by atoms with Crippen LogP contribution in [0.5, 0.6) is 0 Å². The second-order valence-electron chi connectivity index (χ2n) is 7.11. The Balaban J connectivity index is 1.74. The summed E-state index contributed by atoms with van der Waals surface area (Å²) < 4.78 is 0. The molecular formula is C20H34N2. The van der Waals surface area contributed by atoms with E-state index in [1.165, 1.54) is 56.1 Å². The first-order valence-corrected chi connectivity index (χ1v) is 9.28. The molecule has 0 aromatic heterocycles. The number of nitrogens with two attached hydrogens (primary N) is 1. The molecule has 124 valence electrons. The highest BCUT2D eigenvalue weighted by Gasteiger charge is 2.34. The van der Waals surface area contributed by atoms with Gasteiger partial charge in [0.25, 0.3) is 0 Å². The minimum atomic E-state index is -0.0121. The molecule has 0 radical (unpaired) electrons. The van der Waals surface area contributed by atoms with Gasteiger partial charge in [-0.15, -0.1) is 0 Å². The Bertz CT molecular complexity index is 426. The van der Waals surface area contributed by atoms with Crippen molar-refractivity contribution in [1.82, 2.24) is 5.32 Å². The molecule has 0 bridgehead atoms. The molecule has 2 heteroatoms. The SMILES string of the molecule is CCCCCCCCc1ccc(C2CC(N)(CC)CN2)cc1. The summed E-state index contributed by atoms with van der Waals surface area (Å²) in [6, 6.07) is 9.65. The smallest absolute Gasteiger partial charge is 0.0338 e. The van der Waals surface area contributed by atoms with Gasteiger partial charge in [0.2, 0.25) is 0 Å². The van der Waals surface area contributed by atoms with E-state index in [2.05, 4.69) is 43.4 Å². The fourth-order valence-corrected chi connectivity index (χ4v) is 3.41. The van der Waals surface area contributed by atoms with Crippen molar-refractivity contribution in [2.24, 2.45) is 5.73 Å². The van der Waals surface area contributed by atoms with Crippen molar-refractivity contribution < 1.29 is 0 Å². The minimum Gasteiger partial charge on any atom is -0.324 e. The standard InChI is InChI=1S/C20H34N2/c1-3-5-6-7-8-9-10-17-11-13-18(14-12-17)19-15-20(21,4-2)16-22-19/h11-14,19,22H,3-10,15-16,21H2,1-2H3.